The molecule has 0 radical (unpaired) electrons. The van der Waals surface area contributed by atoms with E-state index >= 15 is 0 Å². The quantitative estimate of drug-likeness (QED) is 0.642. The zero-order valence-electron chi connectivity index (χ0n) is 12.7. The van der Waals surface area contributed by atoms with Crippen molar-refractivity contribution in [3.05, 3.63) is 60.0 Å². The number of para-hydroxylation sites is 1. The number of aromatic nitrogens is 3. The van der Waals surface area contributed by atoms with Crippen LogP contribution in [-0.2, 0) is 0 Å². The van der Waals surface area contributed by atoms with Crippen LogP contribution in [-0.4, -0.2) is 34.0 Å². The molecule has 1 aromatic carbocycles. The minimum Gasteiger partial charge on any atom is -0.492 e. The van der Waals surface area contributed by atoms with E-state index in [4.69, 9.17) is 4.74 Å². The fourth-order valence-electron chi connectivity index (χ4n) is 1.85. The molecule has 0 aliphatic rings. The highest BCUT2D eigenvalue weighted by atomic mass is 32.1. The van der Waals surface area contributed by atoms with Crippen molar-refractivity contribution in [2.45, 2.75) is 0 Å². The van der Waals surface area contributed by atoms with Crippen molar-refractivity contribution in [3.63, 3.8) is 0 Å². The van der Waals surface area contributed by atoms with Crippen LogP contribution in [0, 0.1) is 0 Å². The molecule has 1 amide bonds. The first-order chi connectivity index (χ1) is 11.8. The van der Waals surface area contributed by atoms with Gasteiger partial charge in [0.15, 0.2) is 10.9 Å². The molecular weight excluding hydrogens is 326 g/mol. The number of rotatable bonds is 7. The molecule has 0 saturated heterocycles. The Hall–Kier alpha value is -3.00. The Morgan fingerprint density at radius 1 is 1.12 bits per heavy atom. The van der Waals surface area contributed by atoms with Gasteiger partial charge in [0, 0.05) is 12.4 Å². The van der Waals surface area contributed by atoms with Gasteiger partial charge in [-0.3, -0.25) is 9.78 Å². The van der Waals surface area contributed by atoms with E-state index in [1.807, 2.05) is 30.3 Å². The molecule has 8 heteroatoms. The molecule has 24 heavy (non-hydrogen) atoms. The molecule has 122 valence electrons. The number of benzene rings is 1. The van der Waals surface area contributed by atoms with Crippen LogP contribution in [0.2, 0.25) is 0 Å². The Morgan fingerprint density at radius 2 is 2.00 bits per heavy atom. The van der Waals surface area contributed by atoms with Crippen molar-refractivity contribution in [2.75, 3.05) is 18.5 Å². The standard InChI is InChI=1S/C16H15N5O2S/c22-15(19-8-9-23-12-4-2-1-3-5-12)13-10-20-16(24-13)21-14-11-17-6-7-18-14/h1-7,10-11H,8-9H2,(H,19,22)(H,18,20,21). The second kappa shape index (κ2) is 8.02. The van der Waals surface area contributed by atoms with E-state index in [0.717, 1.165) is 5.75 Å². The van der Waals surface area contributed by atoms with Crippen molar-refractivity contribution in [1.82, 2.24) is 20.3 Å². The molecule has 2 N–H and O–H groups in total. The summed E-state index contributed by atoms with van der Waals surface area (Å²) in [6.07, 6.45) is 6.28. The lowest BCUT2D eigenvalue weighted by Crippen LogP contribution is -2.27. The molecule has 0 atom stereocenters. The SMILES string of the molecule is O=C(NCCOc1ccccc1)c1cnc(Nc2cnccn2)s1. The third-order valence-corrected chi connectivity index (χ3v) is 3.84. The van der Waals surface area contributed by atoms with Gasteiger partial charge < -0.3 is 15.4 Å². The molecule has 0 aliphatic carbocycles. The minimum atomic E-state index is -0.184. The predicted octanol–water partition coefficient (Wildman–Crippen LogP) is 2.49. The number of carbonyl (C=O) groups is 1. The maximum atomic E-state index is 12.1. The average Bonchev–Trinajstić information content (AvgIpc) is 3.09. The minimum absolute atomic E-state index is 0.184. The second-order valence-electron chi connectivity index (χ2n) is 4.66. The monoisotopic (exact) mass is 341 g/mol. The molecule has 0 saturated carbocycles. The van der Waals surface area contributed by atoms with Gasteiger partial charge in [0.2, 0.25) is 0 Å². The molecule has 3 aromatic rings. The number of hydrogen-bond acceptors (Lipinski definition) is 7. The zero-order chi connectivity index (χ0) is 16.6. The summed E-state index contributed by atoms with van der Waals surface area (Å²) in [6.45, 7) is 0.817. The summed E-state index contributed by atoms with van der Waals surface area (Å²) >= 11 is 1.25. The summed E-state index contributed by atoms with van der Waals surface area (Å²) in [5, 5.41) is 6.38. The van der Waals surface area contributed by atoms with Crippen LogP contribution in [0.5, 0.6) is 5.75 Å². The Labute approximate surface area is 142 Å². The van der Waals surface area contributed by atoms with Crippen LogP contribution in [0.15, 0.2) is 55.1 Å². The maximum Gasteiger partial charge on any atom is 0.263 e. The average molecular weight is 341 g/mol. The fraction of sp³-hybridized carbons (Fsp3) is 0.125. The van der Waals surface area contributed by atoms with Gasteiger partial charge in [-0.2, -0.15) is 0 Å². The van der Waals surface area contributed by atoms with Crippen LogP contribution in [0.1, 0.15) is 9.67 Å². The summed E-state index contributed by atoms with van der Waals surface area (Å²) < 4.78 is 5.52. The molecule has 0 aliphatic heterocycles. The smallest absolute Gasteiger partial charge is 0.263 e. The topological polar surface area (TPSA) is 89.0 Å². The van der Waals surface area contributed by atoms with Gasteiger partial charge >= 0.3 is 0 Å². The van der Waals surface area contributed by atoms with Gasteiger partial charge in [-0.15, -0.1) is 0 Å². The third kappa shape index (κ3) is 4.50. The van der Waals surface area contributed by atoms with Gasteiger partial charge in [-0.25, -0.2) is 9.97 Å². The Morgan fingerprint density at radius 3 is 2.79 bits per heavy atom. The summed E-state index contributed by atoms with van der Waals surface area (Å²) in [7, 11) is 0. The van der Waals surface area contributed by atoms with E-state index in [9.17, 15) is 4.79 Å². The summed E-state index contributed by atoms with van der Waals surface area (Å²) in [5.74, 6) is 1.17. The first-order valence-corrected chi connectivity index (χ1v) is 8.08. The number of amides is 1. The second-order valence-corrected chi connectivity index (χ2v) is 5.69. The van der Waals surface area contributed by atoms with Crippen molar-refractivity contribution >= 4 is 28.2 Å². The van der Waals surface area contributed by atoms with Crippen molar-refractivity contribution < 1.29 is 9.53 Å². The number of carbonyl (C=O) groups excluding carboxylic acids is 1. The first-order valence-electron chi connectivity index (χ1n) is 7.26. The van der Waals surface area contributed by atoms with Gasteiger partial charge in [0.1, 0.15) is 17.2 Å². The molecule has 2 aromatic heterocycles. The van der Waals surface area contributed by atoms with E-state index in [0.29, 0.717) is 29.0 Å². The molecule has 2 heterocycles. The van der Waals surface area contributed by atoms with E-state index < -0.39 is 0 Å². The van der Waals surface area contributed by atoms with Crippen LogP contribution < -0.4 is 15.4 Å². The molecule has 3 rings (SSSR count). The summed E-state index contributed by atoms with van der Waals surface area (Å²) in [5.41, 5.74) is 0. The molecule has 0 spiro atoms. The van der Waals surface area contributed by atoms with Gasteiger partial charge in [-0.1, -0.05) is 29.5 Å². The number of thiazole rings is 1. The van der Waals surface area contributed by atoms with Gasteiger partial charge in [0.25, 0.3) is 5.91 Å². The summed E-state index contributed by atoms with van der Waals surface area (Å²) in [4.78, 5) is 24.8. The van der Waals surface area contributed by atoms with Crippen LogP contribution in [0.25, 0.3) is 0 Å². The van der Waals surface area contributed by atoms with Crippen LogP contribution in [0.3, 0.4) is 0 Å². The lowest BCUT2D eigenvalue weighted by Gasteiger charge is -2.06. The first kappa shape index (κ1) is 15.9. The lowest BCUT2D eigenvalue weighted by molar-refractivity contribution is 0.0951. The fourth-order valence-corrected chi connectivity index (χ4v) is 2.59. The maximum absolute atomic E-state index is 12.1. The predicted molar refractivity (Wildman–Crippen MR) is 91.7 cm³/mol. The van der Waals surface area contributed by atoms with Crippen molar-refractivity contribution in [3.8, 4) is 5.75 Å². The number of nitrogens with zero attached hydrogens (tertiary/aromatic N) is 3. The number of anilines is 2. The van der Waals surface area contributed by atoms with E-state index in [1.165, 1.54) is 17.5 Å². The molecule has 0 bridgehead atoms. The van der Waals surface area contributed by atoms with Crippen LogP contribution >= 0.6 is 11.3 Å². The normalized spacial score (nSPS) is 10.2. The van der Waals surface area contributed by atoms with Crippen LogP contribution in [0.4, 0.5) is 10.9 Å². The molecular formula is C16H15N5O2S. The zero-order valence-corrected chi connectivity index (χ0v) is 13.5. The van der Waals surface area contributed by atoms with E-state index in [-0.39, 0.29) is 5.91 Å². The van der Waals surface area contributed by atoms with E-state index in [1.54, 1.807) is 18.6 Å². The highest BCUT2D eigenvalue weighted by molar-refractivity contribution is 7.17. The van der Waals surface area contributed by atoms with Gasteiger partial charge in [0.05, 0.1) is 18.9 Å². The Balaban J connectivity index is 1.45. The Bertz CT molecular complexity index is 779. The third-order valence-electron chi connectivity index (χ3n) is 2.93. The summed E-state index contributed by atoms with van der Waals surface area (Å²) in [6, 6.07) is 9.46. The number of ether oxygens (including phenoxy) is 1. The largest absolute Gasteiger partial charge is 0.492 e. The Kier molecular flexibility index (Phi) is 5.31. The highest BCUT2D eigenvalue weighted by Crippen LogP contribution is 2.20. The number of nitrogens with one attached hydrogen (secondary N) is 2. The molecule has 0 fully saturated rings. The lowest BCUT2D eigenvalue weighted by atomic mass is 10.3. The molecule has 7 nitrogen and oxygen atoms in total. The number of hydrogen-bond donors (Lipinski definition) is 2. The van der Waals surface area contributed by atoms with Crippen molar-refractivity contribution in [1.29, 1.82) is 0 Å². The van der Waals surface area contributed by atoms with Gasteiger partial charge in [-0.05, 0) is 12.1 Å². The van der Waals surface area contributed by atoms with Crippen molar-refractivity contribution in [2.24, 2.45) is 0 Å². The highest BCUT2D eigenvalue weighted by Gasteiger charge is 2.10. The van der Waals surface area contributed by atoms with E-state index in [2.05, 4.69) is 25.6 Å². The molecule has 0 unspecified atom stereocenters.